The van der Waals surface area contributed by atoms with Crippen molar-refractivity contribution in [3.8, 4) is 50.2 Å². The SMILES string of the molecule is [2H]c1c([2H])c([2H])c(-c2ccc3c(-c4ccc(-c5ccc(-n6c(C([2H])([2H])C([2H])([2H])[2H])nc7ccccc76)cc5)cc4)c4ccccc4c(-c4cccc5oc6ccccc6c45)c3c2)c([2H])c1[2H]. The van der Waals surface area contributed by atoms with E-state index in [1.165, 1.54) is 0 Å². The molecule has 264 valence electrons. The minimum Gasteiger partial charge on any atom is -0.456 e. The number of hydrogen-bond donors (Lipinski definition) is 0. The summed E-state index contributed by atoms with van der Waals surface area (Å²) in [6, 6.07) is 49.1. The molecule has 3 nitrogen and oxygen atoms in total. The summed E-state index contributed by atoms with van der Waals surface area (Å²) in [5.41, 5.74) is 9.35. The normalized spacial score (nSPS) is 14.8. The van der Waals surface area contributed by atoms with Gasteiger partial charge in [0, 0.05) is 29.7 Å². The van der Waals surface area contributed by atoms with Gasteiger partial charge >= 0.3 is 0 Å². The van der Waals surface area contributed by atoms with Gasteiger partial charge in [0.1, 0.15) is 17.0 Å². The molecular formula is C53H36N2O. The molecule has 0 saturated heterocycles. The van der Waals surface area contributed by atoms with Gasteiger partial charge in [-0.25, -0.2) is 4.98 Å². The van der Waals surface area contributed by atoms with Crippen molar-refractivity contribution < 1.29 is 18.1 Å². The fraction of sp³-hybridized carbons (Fsp3) is 0.0377. The van der Waals surface area contributed by atoms with Crippen molar-refractivity contribution >= 4 is 54.5 Å². The zero-order chi connectivity index (χ0) is 45.8. The van der Waals surface area contributed by atoms with E-state index >= 15 is 0 Å². The molecule has 11 aromatic rings. The van der Waals surface area contributed by atoms with E-state index in [4.69, 9.17) is 18.1 Å². The Hall–Kier alpha value is -7.23. The topological polar surface area (TPSA) is 31.0 Å². The number of furan rings is 1. The average Bonchev–Trinajstić information content (AvgIpc) is 3.92. The Morgan fingerprint density at radius 3 is 2.00 bits per heavy atom. The van der Waals surface area contributed by atoms with Gasteiger partial charge in [-0.1, -0.05) is 152 Å². The van der Waals surface area contributed by atoms with Crippen LogP contribution in [-0.2, 0) is 6.37 Å². The van der Waals surface area contributed by atoms with Crippen LogP contribution < -0.4 is 0 Å². The molecule has 0 aliphatic rings. The summed E-state index contributed by atoms with van der Waals surface area (Å²) in [6.07, 6.45) is -2.71. The van der Waals surface area contributed by atoms with E-state index in [0.717, 1.165) is 76.9 Å². The van der Waals surface area contributed by atoms with Crippen LogP contribution in [0.5, 0.6) is 0 Å². The first-order chi connectivity index (χ1) is 31.7. The molecule has 0 atom stereocenters. The van der Waals surface area contributed by atoms with Gasteiger partial charge in [0.25, 0.3) is 0 Å². The number of fused-ring (bicyclic) bond motifs is 6. The van der Waals surface area contributed by atoms with Gasteiger partial charge in [0.2, 0.25) is 0 Å². The van der Waals surface area contributed by atoms with Crippen molar-refractivity contribution in [3.05, 3.63) is 194 Å². The van der Waals surface area contributed by atoms with Crippen LogP contribution in [0.2, 0.25) is 0 Å². The van der Waals surface area contributed by atoms with Crippen LogP contribution in [0.1, 0.15) is 26.4 Å². The standard InChI is InChI=1S/C53H36N2O/c1-2-50-54-46-19-9-10-20-47(46)55(50)39-30-27-36(28-31-39)35-23-25-37(26-24-35)51-40-15-6-7-16-41(40)52(45-33-38(29-32-42(45)51)34-13-4-3-5-14-34)44-18-12-22-49-53(44)43-17-8-11-21-48(43)56-49/h3-33H,2H2,1H3/i1D3,2D2,3D,4D,5D,13D,14D. The van der Waals surface area contributed by atoms with Crippen molar-refractivity contribution in [3.63, 3.8) is 0 Å². The Kier molecular flexibility index (Phi) is 5.45. The molecule has 0 saturated carbocycles. The molecule has 0 amide bonds. The molecule has 0 aliphatic heterocycles. The summed E-state index contributed by atoms with van der Waals surface area (Å²) in [4.78, 5) is 4.46. The van der Waals surface area contributed by atoms with Gasteiger partial charge in [-0.3, -0.25) is 4.57 Å². The smallest absolute Gasteiger partial charge is 0.136 e. The highest BCUT2D eigenvalue weighted by atomic mass is 16.3. The van der Waals surface area contributed by atoms with E-state index < -0.39 is 31.4 Å². The Morgan fingerprint density at radius 1 is 0.554 bits per heavy atom. The molecule has 0 bridgehead atoms. The molecule has 0 fully saturated rings. The van der Waals surface area contributed by atoms with Crippen LogP contribution in [0, 0.1) is 0 Å². The van der Waals surface area contributed by atoms with E-state index in [9.17, 15) is 0 Å². The molecule has 9 aromatic carbocycles. The number of aryl methyl sites for hydroxylation is 1. The molecule has 3 heteroatoms. The minimum absolute atomic E-state index is 0.124. The second-order valence-electron chi connectivity index (χ2n) is 13.8. The second kappa shape index (κ2) is 13.0. The van der Waals surface area contributed by atoms with Crippen LogP contribution in [0.4, 0.5) is 0 Å². The highest BCUT2D eigenvalue weighted by molar-refractivity contribution is 6.26. The molecule has 0 N–H and O–H groups in total. The highest BCUT2D eigenvalue weighted by Gasteiger charge is 2.21. The summed E-state index contributed by atoms with van der Waals surface area (Å²) < 4.78 is 92.0. The van der Waals surface area contributed by atoms with Crippen LogP contribution >= 0.6 is 0 Å². The largest absolute Gasteiger partial charge is 0.456 e. The third kappa shape index (κ3) is 5.09. The van der Waals surface area contributed by atoms with E-state index in [2.05, 4.69) is 35.3 Å². The summed E-state index contributed by atoms with van der Waals surface area (Å²) in [7, 11) is 0. The van der Waals surface area contributed by atoms with Crippen molar-refractivity contribution in [1.29, 1.82) is 0 Å². The maximum atomic E-state index is 8.89. The lowest BCUT2D eigenvalue weighted by molar-refractivity contribution is 0.669. The van der Waals surface area contributed by atoms with Crippen molar-refractivity contribution in [2.75, 3.05) is 0 Å². The zero-order valence-electron chi connectivity index (χ0n) is 39.8. The Balaban J connectivity index is 1.09. The third-order valence-corrected chi connectivity index (χ3v) is 10.8. The highest BCUT2D eigenvalue weighted by Crippen LogP contribution is 2.48. The molecule has 0 spiro atoms. The number of para-hydroxylation sites is 3. The lowest BCUT2D eigenvalue weighted by Gasteiger charge is -2.19. The Morgan fingerprint density at radius 2 is 1.20 bits per heavy atom. The van der Waals surface area contributed by atoms with Gasteiger partial charge < -0.3 is 4.42 Å². The van der Waals surface area contributed by atoms with E-state index in [1.807, 2.05) is 109 Å². The lowest BCUT2D eigenvalue weighted by atomic mass is 9.83. The first-order valence-electron chi connectivity index (χ1n) is 23.4. The summed E-state index contributed by atoms with van der Waals surface area (Å²) in [6.45, 7) is -2.94. The number of hydrogen-bond acceptors (Lipinski definition) is 2. The average molecular weight is 727 g/mol. The molecule has 0 aliphatic carbocycles. The number of aromatic nitrogens is 2. The summed E-state index contributed by atoms with van der Waals surface area (Å²) in [5.74, 6) is -0.193. The molecule has 56 heavy (non-hydrogen) atoms. The summed E-state index contributed by atoms with van der Waals surface area (Å²) >= 11 is 0. The van der Waals surface area contributed by atoms with Crippen LogP contribution in [0.3, 0.4) is 0 Å². The van der Waals surface area contributed by atoms with Crippen molar-refractivity contribution in [2.45, 2.75) is 13.2 Å². The number of nitrogens with zero attached hydrogens (tertiary/aromatic N) is 2. The monoisotopic (exact) mass is 726 g/mol. The van der Waals surface area contributed by atoms with Gasteiger partial charge in [0.15, 0.2) is 0 Å². The maximum absolute atomic E-state index is 8.89. The molecule has 0 radical (unpaired) electrons. The van der Waals surface area contributed by atoms with Crippen LogP contribution in [0.15, 0.2) is 192 Å². The van der Waals surface area contributed by atoms with Gasteiger partial charge in [-0.2, -0.15) is 0 Å². The molecule has 2 heterocycles. The van der Waals surface area contributed by atoms with Crippen molar-refractivity contribution in [1.82, 2.24) is 9.55 Å². The fourth-order valence-electron chi connectivity index (χ4n) is 8.32. The quantitative estimate of drug-likeness (QED) is 0.160. The van der Waals surface area contributed by atoms with Gasteiger partial charge in [-0.15, -0.1) is 0 Å². The zero-order valence-corrected chi connectivity index (χ0v) is 29.8. The number of imidazole rings is 1. The predicted molar refractivity (Wildman–Crippen MR) is 234 cm³/mol. The number of benzene rings is 9. The predicted octanol–water partition coefficient (Wildman–Crippen LogP) is 14.5. The second-order valence-corrected chi connectivity index (χ2v) is 13.8. The Labute approximate surface area is 338 Å². The molecule has 11 rings (SSSR count). The molecular weight excluding hydrogens is 681 g/mol. The first-order valence-corrected chi connectivity index (χ1v) is 18.4. The van der Waals surface area contributed by atoms with Crippen molar-refractivity contribution in [2.24, 2.45) is 0 Å². The minimum atomic E-state index is -2.94. The van der Waals surface area contributed by atoms with Gasteiger partial charge in [0.05, 0.1) is 17.9 Å². The van der Waals surface area contributed by atoms with E-state index in [0.29, 0.717) is 22.3 Å². The summed E-state index contributed by atoms with van der Waals surface area (Å²) in [5, 5.41) is 5.61. The Bertz CT molecular complexity index is 3750. The van der Waals surface area contributed by atoms with Crippen LogP contribution in [0.25, 0.3) is 105 Å². The van der Waals surface area contributed by atoms with Gasteiger partial charge in [-0.05, 0) is 109 Å². The van der Waals surface area contributed by atoms with E-state index in [-0.39, 0.29) is 23.5 Å². The maximum Gasteiger partial charge on any atom is 0.136 e. The molecule has 2 aromatic heterocycles. The number of rotatable bonds is 6. The third-order valence-electron chi connectivity index (χ3n) is 10.8. The lowest BCUT2D eigenvalue weighted by Crippen LogP contribution is -1.99. The fourth-order valence-corrected chi connectivity index (χ4v) is 8.32. The van der Waals surface area contributed by atoms with Crippen LogP contribution in [-0.4, -0.2) is 9.55 Å². The first kappa shape index (κ1) is 23.5. The molecule has 0 unspecified atom stereocenters. The van der Waals surface area contributed by atoms with E-state index in [1.54, 1.807) is 22.8 Å².